The van der Waals surface area contributed by atoms with Crippen LogP contribution in [0.4, 0.5) is 15.6 Å². The van der Waals surface area contributed by atoms with Crippen LogP contribution >= 0.6 is 11.3 Å². The van der Waals surface area contributed by atoms with Gasteiger partial charge in [0.2, 0.25) is 0 Å². The predicted molar refractivity (Wildman–Crippen MR) is 90.1 cm³/mol. The van der Waals surface area contributed by atoms with Crippen LogP contribution in [0, 0.1) is 6.92 Å². The monoisotopic (exact) mass is 334 g/mol. The molecule has 2 aromatic rings. The number of urea groups is 1. The number of thiazole rings is 1. The average molecular weight is 334 g/mol. The highest BCUT2D eigenvalue weighted by Gasteiger charge is 2.12. The second-order valence-electron chi connectivity index (χ2n) is 4.73. The molecule has 0 spiro atoms. The van der Waals surface area contributed by atoms with Gasteiger partial charge in [0.15, 0.2) is 5.13 Å². The van der Waals surface area contributed by atoms with Crippen molar-refractivity contribution < 1.29 is 14.3 Å². The number of rotatable bonds is 6. The lowest BCUT2D eigenvalue weighted by molar-refractivity contribution is 0.0933. The summed E-state index contributed by atoms with van der Waals surface area (Å²) in [5.74, 6) is -0.301. The van der Waals surface area contributed by atoms with E-state index >= 15 is 0 Å². The highest BCUT2D eigenvalue weighted by molar-refractivity contribution is 7.14. The molecule has 0 bridgehead atoms. The van der Waals surface area contributed by atoms with Gasteiger partial charge in [0.1, 0.15) is 5.69 Å². The van der Waals surface area contributed by atoms with Crippen molar-refractivity contribution in [3.8, 4) is 0 Å². The van der Waals surface area contributed by atoms with Crippen LogP contribution in [-0.2, 0) is 4.74 Å². The molecule has 1 aromatic carbocycles. The normalized spacial score (nSPS) is 10.2. The molecule has 23 heavy (non-hydrogen) atoms. The number of ether oxygens (including phenoxy) is 1. The van der Waals surface area contributed by atoms with Crippen molar-refractivity contribution in [1.29, 1.82) is 0 Å². The van der Waals surface area contributed by atoms with E-state index in [-0.39, 0.29) is 11.6 Å². The molecule has 0 radical (unpaired) electrons. The van der Waals surface area contributed by atoms with Gasteiger partial charge >= 0.3 is 6.03 Å². The number of carbonyl (C=O) groups excluding carboxylic acids is 2. The number of nitrogens with one attached hydrogen (secondary N) is 3. The summed E-state index contributed by atoms with van der Waals surface area (Å²) in [7, 11) is 1.56. The number of nitrogens with zero attached hydrogens (tertiary/aromatic N) is 1. The minimum absolute atomic E-state index is 0.261. The van der Waals surface area contributed by atoms with Crippen LogP contribution in [0.1, 0.15) is 16.1 Å². The Morgan fingerprint density at radius 1 is 1.22 bits per heavy atom. The molecular formula is C15H18N4O3S. The van der Waals surface area contributed by atoms with E-state index in [4.69, 9.17) is 4.74 Å². The van der Waals surface area contributed by atoms with Crippen molar-refractivity contribution in [2.45, 2.75) is 6.92 Å². The van der Waals surface area contributed by atoms with Gasteiger partial charge in [-0.2, -0.15) is 0 Å². The number of hydrogen-bond donors (Lipinski definition) is 3. The Hall–Kier alpha value is -2.45. The van der Waals surface area contributed by atoms with Crippen molar-refractivity contribution in [1.82, 2.24) is 10.3 Å². The minimum Gasteiger partial charge on any atom is -0.383 e. The fraction of sp³-hybridized carbons (Fsp3) is 0.267. The molecule has 0 saturated heterocycles. The molecule has 1 aromatic heterocycles. The lowest BCUT2D eigenvalue weighted by Crippen LogP contribution is -2.27. The van der Waals surface area contributed by atoms with Gasteiger partial charge in [-0.3, -0.25) is 10.1 Å². The van der Waals surface area contributed by atoms with E-state index in [1.165, 1.54) is 11.3 Å². The van der Waals surface area contributed by atoms with E-state index in [1.54, 1.807) is 12.5 Å². The van der Waals surface area contributed by atoms with Crippen molar-refractivity contribution in [3.63, 3.8) is 0 Å². The number of aryl methyl sites for hydroxylation is 1. The highest BCUT2D eigenvalue weighted by Crippen LogP contribution is 2.16. The zero-order chi connectivity index (χ0) is 16.7. The van der Waals surface area contributed by atoms with Crippen LogP contribution in [0.15, 0.2) is 29.6 Å². The molecule has 0 fully saturated rings. The minimum atomic E-state index is -0.408. The van der Waals surface area contributed by atoms with Crippen LogP contribution in [0.3, 0.4) is 0 Å². The van der Waals surface area contributed by atoms with Gasteiger partial charge in [0.05, 0.1) is 6.61 Å². The number of aromatic nitrogens is 1. The molecule has 8 heteroatoms. The first-order valence-electron chi connectivity index (χ1n) is 6.96. The summed E-state index contributed by atoms with van der Waals surface area (Å²) in [6.45, 7) is 2.81. The average Bonchev–Trinajstić information content (AvgIpc) is 2.98. The number of amides is 3. The Kier molecular flexibility index (Phi) is 6.07. The van der Waals surface area contributed by atoms with Gasteiger partial charge in [-0.1, -0.05) is 17.7 Å². The number of benzene rings is 1. The second kappa shape index (κ2) is 8.25. The zero-order valence-electron chi connectivity index (χ0n) is 12.9. The van der Waals surface area contributed by atoms with Crippen LogP contribution in [0.5, 0.6) is 0 Å². The van der Waals surface area contributed by atoms with Gasteiger partial charge in [-0.15, -0.1) is 11.3 Å². The fourth-order valence-electron chi connectivity index (χ4n) is 1.69. The Labute approximate surface area is 138 Å². The van der Waals surface area contributed by atoms with Crippen LogP contribution in [-0.4, -0.2) is 37.2 Å². The fourth-order valence-corrected chi connectivity index (χ4v) is 2.37. The molecule has 2 rings (SSSR count). The van der Waals surface area contributed by atoms with Gasteiger partial charge < -0.3 is 15.4 Å². The van der Waals surface area contributed by atoms with Crippen molar-refractivity contribution in [3.05, 3.63) is 40.9 Å². The first-order chi connectivity index (χ1) is 11.1. The van der Waals surface area contributed by atoms with Gasteiger partial charge in [0, 0.05) is 24.7 Å². The molecule has 3 N–H and O–H groups in total. The van der Waals surface area contributed by atoms with E-state index in [0.717, 1.165) is 5.56 Å². The van der Waals surface area contributed by atoms with E-state index < -0.39 is 6.03 Å². The maximum atomic E-state index is 11.9. The first-order valence-corrected chi connectivity index (χ1v) is 7.84. The summed E-state index contributed by atoms with van der Waals surface area (Å²) in [6, 6.07) is 7.02. The van der Waals surface area contributed by atoms with E-state index in [1.807, 2.05) is 31.2 Å². The molecule has 0 unspecified atom stereocenters. The molecule has 0 atom stereocenters. The quantitative estimate of drug-likeness (QED) is 0.708. The third-order valence-electron chi connectivity index (χ3n) is 2.86. The highest BCUT2D eigenvalue weighted by atomic mass is 32.1. The summed E-state index contributed by atoms with van der Waals surface area (Å²) in [6.07, 6.45) is 0. The number of anilines is 2. The summed E-state index contributed by atoms with van der Waals surface area (Å²) < 4.78 is 4.85. The molecule has 122 valence electrons. The first kappa shape index (κ1) is 16.9. The van der Waals surface area contributed by atoms with Gasteiger partial charge in [-0.25, -0.2) is 9.78 Å². The summed E-state index contributed by atoms with van der Waals surface area (Å²) in [5, 5.41) is 9.90. The molecule has 0 aliphatic rings. The molecule has 0 aliphatic heterocycles. The van der Waals surface area contributed by atoms with Crippen molar-refractivity contribution in [2.24, 2.45) is 0 Å². The SMILES string of the molecule is COCCNC(=O)c1csc(NC(=O)Nc2ccc(C)cc2)n1. The Bertz CT molecular complexity index is 670. The maximum Gasteiger partial charge on any atom is 0.325 e. The second-order valence-corrected chi connectivity index (χ2v) is 5.59. The number of hydrogen-bond acceptors (Lipinski definition) is 5. The molecule has 3 amide bonds. The van der Waals surface area contributed by atoms with Crippen LogP contribution in [0.25, 0.3) is 0 Å². The Morgan fingerprint density at radius 3 is 2.65 bits per heavy atom. The number of methoxy groups -OCH3 is 1. The predicted octanol–water partition coefficient (Wildman–Crippen LogP) is 2.47. The summed E-state index contributed by atoms with van der Waals surface area (Å²) in [4.78, 5) is 27.8. The summed E-state index contributed by atoms with van der Waals surface area (Å²) >= 11 is 1.18. The van der Waals surface area contributed by atoms with Crippen molar-refractivity contribution >= 4 is 34.1 Å². The molecule has 1 heterocycles. The molecular weight excluding hydrogens is 316 g/mol. The lowest BCUT2D eigenvalue weighted by Gasteiger charge is -2.05. The molecule has 7 nitrogen and oxygen atoms in total. The molecule has 0 aliphatic carbocycles. The Balaban J connectivity index is 1.87. The van der Waals surface area contributed by atoms with Crippen LogP contribution in [0.2, 0.25) is 0 Å². The van der Waals surface area contributed by atoms with Crippen molar-refractivity contribution in [2.75, 3.05) is 30.9 Å². The Morgan fingerprint density at radius 2 is 1.96 bits per heavy atom. The lowest BCUT2D eigenvalue weighted by atomic mass is 10.2. The summed E-state index contributed by atoms with van der Waals surface area (Å²) in [5.41, 5.74) is 2.05. The number of carbonyl (C=O) groups is 2. The van der Waals surface area contributed by atoms with E-state index in [0.29, 0.717) is 24.0 Å². The standard InChI is InChI=1S/C15H18N4O3S/c1-10-3-5-11(6-4-10)17-14(21)19-15-18-12(9-23-15)13(20)16-7-8-22-2/h3-6,9H,7-8H2,1-2H3,(H,16,20)(H2,17,18,19,21). The van der Waals surface area contributed by atoms with E-state index in [9.17, 15) is 9.59 Å². The third kappa shape index (κ3) is 5.35. The largest absolute Gasteiger partial charge is 0.383 e. The maximum absolute atomic E-state index is 11.9. The topological polar surface area (TPSA) is 92.4 Å². The van der Waals surface area contributed by atoms with Crippen LogP contribution < -0.4 is 16.0 Å². The molecule has 0 saturated carbocycles. The van der Waals surface area contributed by atoms with Gasteiger partial charge in [-0.05, 0) is 19.1 Å². The smallest absolute Gasteiger partial charge is 0.325 e. The zero-order valence-corrected chi connectivity index (χ0v) is 13.7. The van der Waals surface area contributed by atoms with Gasteiger partial charge in [0.25, 0.3) is 5.91 Å². The third-order valence-corrected chi connectivity index (χ3v) is 3.62. The van der Waals surface area contributed by atoms with E-state index in [2.05, 4.69) is 20.9 Å².